The van der Waals surface area contributed by atoms with Crippen LogP contribution in [0.2, 0.25) is 0 Å². The third-order valence-electron chi connectivity index (χ3n) is 14.3. The number of carboxylic acid groups (broad SMARTS) is 1. The minimum absolute atomic E-state index is 0. The number of aromatic carboxylic acids is 1. The van der Waals surface area contributed by atoms with Gasteiger partial charge in [0.15, 0.2) is 11.4 Å². The number of methoxy groups -OCH3 is 2. The maximum absolute atomic E-state index is 13.4. The summed E-state index contributed by atoms with van der Waals surface area (Å²) < 4.78 is 89.6. The molecule has 6 aromatic rings. The molecule has 2 heterocycles. The molecule has 12 rings (SSSR count). The number of aromatic nitrogens is 4. The van der Waals surface area contributed by atoms with Gasteiger partial charge in [-0.25, -0.2) is 4.79 Å². The molecule has 6 aliphatic rings. The summed E-state index contributed by atoms with van der Waals surface area (Å²) in [6.07, 6.45) is -1.83. The highest BCUT2D eigenvalue weighted by atomic mass is 19.4. The Morgan fingerprint density at radius 3 is 1.39 bits per heavy atom. The van der Waals surface area contributed by atoms with Crippen molar-refractivity contribution in [1.82, 2.24) is 24.9 Å². The molecule has 6 fully saturated rings. The molecule has 0 radical (unpaired) electrons. The van der Waals surface area contributed by atoms with Crippen LogP contribution in [0, 0.1) is 10.8 Å². The summed E-state index contributed by atoms with van der Waals surface area (Å²) >= 11 is 0. The summed E-state index contributed by atoms with van der Waals surface area (Å²) in [5, 5.41) is 22.5. The number of amides is 1. The maximum Gasteiger partial charge on any atom is 0.416 e. The number of fused-ring (bicyclic) bond motifs is 2. The summed E-state index contributed by atoms with van der Waals surface area (Å²) in [5.74, 6) is -1.72. The van der Waals surface area contributed by atoms with Gasteiger partial charge in [-0.3, -0.25) is 23.7 Å². The molecular formula is C53H58F6N6O7. The van der Waals surface area contributed by atoms with Crippen LogP contribution in [-0.4, -0.2) is 73.8 Å². The van der Waals surface area contributed by atoms with Crippen molar-refractivity contribution in [2.45, 2.75) is 122 Å². The molecule has 0 atom stereocenters. The van der Waals surface area contributed by atoms with Crippen LogP contribution in [0.4, 0.5) is 26.3 Å². The van der Waals surface area contributed by atoms with Crippen molar-refractivity contribution in [2.24, 2.45) is 16.6 Å². The van der Waals surface area contributed by atoms with Gasteiger partial charge in [0.2, 0.25) is 0 Å². The van der Waals surface area contributed by atoms with Gasteiger partial charge < -0.3 is 25.6 Å². The Morgan fingerprint density at radius 2 is 1.03 bits per heavy atom. The molecule has 19 heteroatoms. The first-order valence-electron chi connectivity index (χ1n) is 23.2. The molecule has 72 heavy (non-hydrogen) atoms. The molecule has 0 unspecified atom stereocenters. The van der Waals surface area contributed by atoms with Crippen molar-refractivity contribution in [2.75, 3.05) is 14.2 Å². The second-order valence-corrected chi connectivity index (χ2v) is 19.7. The highest BCUT2D eigenvalue weighted by Crippen LogP contribution is 2.69. The van der Waals surface area contributed by atoms with Gasteiger partial charge in [0.25, 0.3) is 5.91 Å². The van der Waals surface area contributed by atoms with Crippen LogP contribution in [0.15, 0.2) is 84.9 Å². The van der Waals surface area contributed by atoms with Gasteiger partial charge in [-0.2, -0.15) is 36.5 Å². The molecular weight excluding hydrogens is 947 g/mol. The Balaban J connectivity index is 0.000000178. The molecule has 0 aliphatic heterocycles. The van der Waals surface area contributed by atoms with Crippen LogP contribution in [-0.2, 0) is 57.3 Å². The first kappa shape index (κ1) is 53.0. The summed E-state index contributed by atoms with van der Waals surface area (Å²) in [6, 6.07) is 21.0. The van der Waals surface area contributed by atoms with Crippen molar-refractivity contribution in [3.05, 3.63) is 130 Å². The van der Waals surface area contributed by atoms with E-state index in [-0.39, 0.29) is 52.9 Å². The number of rotatable bonds is 13. The number of halogens is 6. The zero-order valence-corrected chi connectivity index (χ0v) is 39.6. The Morgan fingerprint density at radius 1 is 0.639 bits per heavy atom. The highest BCUT2D eigenvalue weighted by molar-refractivity contribution is 6.07. The van der Waals surface area contributed by atoms with E-state index in [1.807, 2.05) is 32.0 Å². The fourth-order valence-corrected chi connectivity index (χ4v) is 11.4. The predicted octanol–water partition coefficient (Wildman–Crippen LogP) is 10.3. The number of carbonyl (C=O) groups is 4. The number of nitrogens with two attached hydrogens (primary N) is 1. The number of hydrogen-bond donors (Lipinski definition) is 3. The molecule has 2 aromatic heterocycles. The van der Waals surface area contributed by atoms with E-state index < -0.39 is 29.4 Å². The van der Waals surface area contributed by atoms with Crippen molar-refractivity contribution >= 4 is 45.6 Å². The molecule has 4 bridgehead atoms. The van der Waals surface area contributed by atoms with E-state index in [2.05, 4.69) is 20.3 Å². The number of alkyl halides is 6. The van der Waals surface area contributed by atoms with Crippen molar-refractivity contribution in [3.63, 3.8) is 0 Å². The Bertz CT molecular complexity index is 2980. The molecule has 13 nitrogen and oxygen atoms in total. The van der Waals surface area contributed by atoms with E-state index in [1.54, 1.807) is 27.6 Å². The van der Waals surface area contributed by atoms with Crippen LogP contribution >= 0.6 is 0 Å². The standard InChI is InChI=1S/C26H26F3N3O3.C18H15F3N2O2.C8H13NO2.CH4/c1-3-32-19-6-4-5-17(11-16-7-9-18(10-8-16)26(27,28)29)21(19)22(31-32)23(34)30-25-13-24(14-25,15-25)12-20(33)35-2;1-2-23-14-5-3-4-12(15(14)16(22-23)17(24)25)10-11-6-8-13(9-7-11)18(19,20)21;1-11-6(10)2-7-3-8(9,4-7)5-7;/h4-10H,3,11-15H2,1-2H3,(H,30,34);3-9H,2,10H2,1H3,(H,24,25);2-5,9H2,1H3;1H4. The van der Waals surface area contributed by atoms with E-state index >= 15 is 0 Å². The zero-order chi connectivity index (χ0) is 51.3. The van der Waals surface area contributed by atoms with Crippen molar-refractivity contribution < 1.29 is 60.1 Å². The van der Waals surface area contributed by atoms with Gasteiger partial charge in [0, 0.05) is 34.9 Å². The van der Waals surface area contributed by atoms with E-state index in [4.69, 9.17) is 10.5 Å². The average molecular weight is 1010 g/mol. The van der Waals surface area contributed by atoms with Crippen molar-refractivity contribution in [1.29, 1.82) is 0 Å². The summed E-state index contributed by atoms with van der Waals surface area (Å²) in [7, 11) is 2.81. The lowest BCUT2D eigenvalue weighted by atomic mass is 9.38. The molecule has 6 saturated carbocycles. The average Bonchev–Trinajstić information content (AvgIpc) is 3.87. The first-order chi connectivity index (χ1) is 33.5. The number of benzene rings is 4. The summed E-state index contributed by atoms with van der Waals surface area (Å²) in [6.45, 7) is 4.89. The van der Waals surface area contributed by atoms with Crippen molar-refractivity contribution in [3.8, 4) is 0 Å². The topological polar surface area (TPSA) is 181 Å². The van der Waals surface area contributed by atoms with Gasteiger partial charge >= 0.3 is 30.3 Å². The number of carboxylic acids is 1. The lowest BCUT2D eigenvalue weighted by Crippen LogP contribution is -2.75. The van der Waals surface area contributed by atoms with Crippen LogP contribution in [0.5, 0.6) is 0 Å². The monoisotopic (exact) mass is 1000 g/mol. The number of carbonyl (C=O) groups excluding carboxylic acids is 3. The number of nitrogens with one attached hydrogen (secondary N) is 1. The predicted molar refractivity (Wildman–Crippen MR) is 256 cm³/mol. The van der Waals surface area contributed by atoms with Gasteiger partial charge in [0.05, 0.1) is 49.2 Å². The Kier molecular flexibility index (Phi) is 14.5. The van der Waals surface area contributed by atoms with Crippen LogP contribution in [0.3, 0.4) is 0 Å². The summed E-state index contributed by atoms with van der Waals surface area (Å²) in [5.41, 5.74) is 9.12. The van der Waals surface area contributed by atoms with Crippen LogP contribution < -0.4 is 11.1 Å². The largest absolute Gasteiger partial charge is 0.476 e. The number of hydrogen-bond acceptors (Lipinski definition) is 9. The second-order valence-electron chi connectivity index (χ2n) is 19.7. The summed E-state index contributed by atoms with van der Waals surface area (Å²) in [4.78, 5) is 47.4. The molecule has 0 spiro atoms. The number of ether oxygens (including phenoxy) is 2. The van der Waals surface area contributed by atoms with E-state index in [1.165, 1.54) is 38.5 Å². The molecule has 6 aliphatic carbocycles. The zero-order valence-electron chi connectivity index (χ0n) is 39.6. The lowest BCUT2D eigenvalue weighted by molar-refractivity contribution is -0.175. The van der Waals surface area contributed by atoms with Gasteiger partial charge in [0.1, 0.15) is 0 Å². The fraction of sp³-hybridized carbons (Fsp3) is 0.434. The molecule has 4 N–H and O–H groups in total. The van der Waals surface area contributed by atoms with E-state index in [0.717, 1.165) is 73.9 Å². The minimum Gasteiger partial charge on any atom is -0.476 e. The molecule has 0 saturated heterocycles. The Labute approximate surface area is 412 Å². The molecule has 1 amide bonds. The maximum atomic E-state index is 13.4. The molecule has 4 aromatic carbocycles. The fourth-order valence-electron chi connectivity index (χ4n) is 11.4. The number of esters is 2. The smallest absolute Gasteiger partial charge is 0.416 e. The number of aryl methyl sites for hydroxylation is 2. The third-order valence-corrected chi connectivity index (χ3v) is 14.3. The van der Waals surface area contributed by atoms with Gasteiger partial charge in [-0.15, -0.1) is 0 Å². The number of nitrogens with zero attached hydrogens (tertiary/aromatic N) is 4. The Hall–Kier alpha value is -6.76. The third kappa shape index (κ3) is 10.6. The van der Waals surface area contributed by atoms with Crippen LogP contribution in [0.1, 0.15) is 127 Å². The van der Waals surface area contributed by atoms with Gasteiger partial charge in [-0.05, 0) is 135 Å². The lowest BCUT2D eigenvalue weighted by Gasteiger charge is -2.70. The quantitative estimate of drug-likeness (QED) is 0.0744. The highest BCUT2D eigenvalue weighted by Gasteiger charge is 2.69. The second kappa shape index (κ2) is 19.7. The van der Waals surface area contributed by atoms with Gasteiger partial charge in [-0.1, -0.05) is 56.0 Å². The molecule has 384 valence electrons. The van der Waals surface area contributed by atoms with Crippen LogP contribution in [0.25, 0.3) is 21.8 Å². The van der Waals surface area contributed by atoms with E-state index in [9.17, 15) is 50.6 Å². The minimum atomic E-state index is -4.39. The SMILES string of the molecule is C.CCn1nc(C(=O)NC23CC(CC(=O)OC)(C2)C3)c2c(Cc3ccc(C(F)(F)F)cc3)cccc21.CCn1nc(C(=O)O)c2c(Cc3ccc(C(F)(F)F)cc3)cccc21.COC(=O)CC12CC(N)(C1)C2. The normalized spacial score (nSPS) is 22.2. The first-order valence-corrected chi connectivity index (χ1v) is 23.2. The van der Waals surface area contributed by atoms with E-state index in [0.29, 0.717) is 77.4 Å².